The minimum Gasteiger partial charge on any atom is -0.316 e. The second-order valence-corrected chi connectivity index (χ2v) is 5.42. The van der Waals surface area contributed by atoms with Crippen LogP contribution >= 0.6 is 0 Å². The molecule has 1 N–H and O–H groups in total. The van der Waals surface area contributed by atoms with Crippen LogP contribution in [0.3, 0.4) is 0 Å². The number of benzene rings is 1. The van der Waals surface area contributed by atoms with Crippen molar-refractivity contribution in [3.05, 3.63) is 39.7 Å². The van der Waals surface area contributed by atoms with Gasteiger partial charge in [-0.25, -0.2) is 0 Å². The molecule has 1 aromatic carbocycles. The van der Waals surface area contributed by atoms with Crippen molar-refractivity contribution >= 4 is 5.69 Å². The van der Waals surface area contributed by atoms with E-state index in [0.717, 1.165) is 31.7 Å². The summed E-state index contributed by atoms with van der Waals surface area (Å²) in [6.07, 6.45) is 0. The van der Waals surface area contributed by atoms with E-state index in [1.807, 2.05) is 0 Å². The lowest BCUT2D eigenvalue weighted by molar-refractivity contribution is -0.387. The predicted molar refractivity (Wildman–Crippen MR) is 68.2 cm³/mol. The van der Waals surface area contributed by atoms with E-state index in [-0.39, 0.29) is 0 Å². The summed E-state index contributed by atoms with van der Waals surface area (Å²) in [5.74, 6) is 0.648. The van der Waals surface area contributed by atoms with Crippen LogP contribution in [0.1, 0.15) is 5.56 Å². The van der Waals surface area contributed by atoms with Gasteiger partial charge in [0, 0.05) is 25.7 Å². The largest absolute Gasteiger partial charge is 0.316 e. The molecule has 0 unspecified atom stereocenters. The van der Waals surface area contributed by atoms with E-state index in [2.05, 4.69) is 10.2 Å². The van der Waals surface area contributed by atoms with E-state index in [0.29, 0.717) is 18.4 Å². The third-order valence-corrected chi connectivity index (χ3v) is 4.08. The molecule has 6 heteroatoms. The van der Waals surface area contributed by atoms with Gasteiger partial charge >= 0.3 is 5.69 Å². The van der Waals surface area contributed by atoms with Crippen LogP contribution < -0.4 is 5.32 Å². The number of rotatable bonds is 3. The molecule has 0 amide bonds. The summed E-state index contributed by atoms with van der Waals surface area (Å²) in [5, 5.41) is 13.9. The third kappa shape index (κ3) is 2.46. The Morgan fingerprint density at radius 1 is 1.37 bits per heavy atom. The zero-order valence-corrected chi connectivity index (χ0v) is 10.5. The summed E-state index contributed by atoms with van der Waals surface area (Å²) in [6, 6.07) is 4.18. The molecule has 19 heavy (non-hydrogen) atoms. The van der Waals surface area contributed by atoms with Crippen LogP contribution in [0.2, 0.25) is 0 Å². The molecular formula is C13H16FN3O2. The first-order valence-corrected chi connectivity index (χ1v) is 6.49. The molecule has 102 valence electrons. The van der Waals surface area contributed by atoms with Crippen LogP contribution in [0.15, 0.2) is 18.2 Å². The maximum Gasteiger partial charge on any atom is 0.304 e. The molecule has 5 nitrogen and oxygen atoms in total. The summed E-state index contributed by atoms with van der Waals surface area (Å²) >= 11 is 0. The van der Waals surface area contributed by atoms with Crippen molar-refractivity contribution < 1.29 is 9.31 Å². The Hall–Kier alpha value is -1.53. The average molecular weight is 265 g/mol. The molecule has 0 bridgehead atoms. The number of nitrogens with zero attached hydrogens (tertiary/aromatic N) is 2. The Kier molecular flexibility index (Phi) is 3.20. The van der Waals surface area contributed by atoms with Crippen molar-refractivity contribution in [1.82, 2.24) is 10.2 Å². The number of fused-ring (bicyclic) bond motifs is 1. The highest BCUT2D eigenvalue weighted by molar-refractivity contribution is 5.35. The highest BCUT2D eigenvalue weighted by Gasteiger charge is 2.35. The Balaban J connectivity index is 1.67. The quantitative estimate of drug-likeness (QED) is 0.662. The minimum absolute atomic E-state index is 0.453. The summed E-state index contributed by atoms with van der Waals surface area (Å²) < 4.78 is 13.5. The van der Waals surface area contributed by atoms with Crippen molar-refractivity contribution in [2.45, 2.75) is 6.54 Å². The maximum atomic E-state index is 13.5. The van der Waals surface area contributed by atoms with E-state index in [1.54, 1.807) is 6.07 Å². The highest BCUT2D eigenvalue weighted by atomic mass is 19.1. The van der Waals surface area contributed by atoms with E-state index in [1.165, 1.54) is 12.1 Å². The number of nitrogens with one attached hydrogen (secondary N) is 1. The lowest BCUT2D eigenvalue weighted by atomic mass is 10.0. The van der Waals surface area contributed by atoms with Crippen molar-refractivity contribution in [1.29, 1.82) is 0 Å². The van der Waals surface area contributed by atoms with Gasteiger partial charge in [0.05, 0.1) is 4.92 Å². The summed E-state index contributed by atoms with van der Waals surface area (Å²) in [7, 11) is 0. The van der Waals surface area contributed by atoms with Gasteiger partial charge in [0.25, 0.3) is 0 Å². The molecule has 0 saturated carbocycles. The van der Waals surface area contributed by atoms with E-state index in [9.17, 15) is 14.5 Å². The molecular weight excluding hydrogens is 249 g/mol. The Labute approximate surface area is 110 Å². The first-order chi connectivity index (χ1) is 9.13. The van der Waals surface area contributed by atoms with E-state index in [4.69, 9.17) is 0 Å². The number of hydrogen-bond donors (Lipinski definition) is 1. The van der Waals surface area contributed by atoms with Crippen LogP contribution in [0, 0.1) is 27.8 Å². The van der Waals surface area contributed by atoms with Gasteiger partial charge in [-0.3, -0.25) is 15.0 Å². The van der Waals surface area contributed by atoms with E-state index < -0.39 is 16.4 Å². The smallest absolute Gasteiger partial charge is 0.304 e. The number of halogens is 1. The van der Waals surface area contributed by atoms with Gasteiger partial charge in [0.15, 0.2) is 0 Å². The minimum atomic E-state index is -0.747. The zero-order chi connectivity index (χ0) is 13.4. The van der Waals surface area contributed by atoms with Crippen molar-refractivity contribution in [2.24, 2.45) is 11.8 Å². The van der Waals surface area contributed by atoms with Gasteiger partial charge in [0.1, 0.15) is 0 Å². The highest BCUT2D eigenvalue weighted by Crippen LogP contribution is 2.28. The molecule has 2 aliphatic heterocycles. The molecule has 3 rings (SSSR count). The molecule has 0 aliphatic carbocycles. The molecule has 2 heterocycles. The van der Waals surface area contributed by atoms with Gasteiger partial charge in [-0.2, -0.15) is 4.39 Å². The van der Waals surface area contributed by atoms with Crippen LogP contribution in [0.25, 0.3) is 0 Å². The molecule has 0 aromatic heterocycles. The third-order valence-electron chi connectivity index (χ3n) is 4.08. The fourth-order valence-corrected chi connectivity index (χ4v) is 3.14. The van der Waals surface area contributed by atoms with Crippen molar-refractivity contribution in [2.75, 3.05) is 26.2 Å². The molecule has 2 saturated heterocycles. The van der Waals surface area contributed by atoms with Crippen LogP contribution in [-0.4, -0.2) is 36.0 Å². The summed E-state index contributed by atoms with van der Waals surface area (Å²) in [4.78, 5) is 12.2. The van der Waals surface area contributed by atoms with E-state index >= 15 is 0 Å². The average Bonchev–Trinajstić information content (AvgIpc) is 2.89. The Morgan fingerprint density at radius 3 is 2.63 bits per heavy atom. The van der Waals surface area contributed by atoms with Gasteiger partial charge in [0.2, 0.25) is 5.82 Å². The van der Waals surface area contributed by atoms with Gasteiger partial charge in [-0.05, 0) is 36.6 Å². The van der Waals surface area contributed by atoms with Gasteiger partial charge in [-0.15, -0.1) is 0 Å². The molecule has 0 spiro atoms. The number of nitro groups is 1. The summed E-state index contributed by atoms with van der Waals surface area (Å²) in [5.41, 5.74) is 0.349. The lowest BCUT2D eigenvalue weighted by Crippen LogP contribution is -2.25. The summed E-state index contributed by atoms with van der Waals surface area (Å²) in [6.45, 7) is 4.85. The number of nitro benzene ring substituents is 1. The topological polar surface area (TPSA) is 58.4 Å². The molecule has 2 atom stereocenters. The van der Waals surface area contributed by atoms with Crippen LogP contribution in [-0.2, 0) is 6.54 Å². The monoisotopic (exact) mass is 265 g/mol. The second kappa shape index (κ2) is 4.86. The first-order valence-electron chi connectivity index (χ1n) is 6.49. The van der Waals surface area contributed by atoms with Crippen LogP contribution in [0.5, 0.6) is 0 Å². The Morgan fingerprint density at radius 2 is 2.05 bits per heavy atom. The number of hydrogen-bond acceptors (Lipinski definition) is 4. The SMILES string of the molecule is O=[N+]([O-])c1ccc(CN2C[C@H]3CNC[C@H]3C2)cc1F. The van der Waals surface area contributed by atoms with Crippen molar-refractivity contribution in [3.8, 4) is 0 Å². The zero-order valence-electron chi connectivity index (χ0n) is 10.5. The lowest BCUT2D eigenvalue weighted by Gasteiger charge is -2.16. The predicted octanol–water partition coefficient (Wildman–Crippen LogP) is 1.39. The first kappa shape index (κ1) is 12.5. The van der Waals surface area contributed by atoms with Crippen molar-refractivity contribution in [3.63, 3.8) is 0 Å². The molecule has 2 aliphatic rings. The van der Waals surface area contributed by atoms with Gasteiger partial charge in [-0.1, -0.05) is 6.07 Å². The normalized spacial score (nSPS) is 26.6. The van der Waals surface area contributed by atoms with Crippen LogP contribution in [0.4, 0.5) is 10.1 Å². The maximum absolute atomic E-state index is 13.5. The second-order valence-electron chi connectivity index (χ2n) is 5.42. The molecule has 1 aromatic rings. The number of likely N-dealkylation sites (tertiary alicyclic amines) is 1. The Bertz CT molecular complexity index is 497. The fraction of sp³-hybridized carbons (Fsp3) is 0.538. The fourth-order valence-electron chi connectivity index (χ4n) is 3.14. The molecule has 0 radical (unpaired) electrons. The standard InChI is InChI=1S/C13H16FN3O2/c14-12-3-9(1-2-13(12)17(18)19)6-16-7-10-4-15-5-11(10)8-16/h1-3,10-11,15H,4-8H2/t10-,11+. The molecule has 2 fully saturated rings. The van der Waals surface area contributed by atoms with Gasteiger partial charge < -0.3 is 5.32 Å².